The molecule has 3 aromatic rings. The van der Waals surface area contributed by atoms with Crippen molar-refractivity contribution in [3.05, 3.63) is 60.2 Å². The summed E-state index contributed by atoms with van der Waals surface area (Å²) in [6, 6.07) is 18.7. The lowest BCUT2D eigenvalue weighted by Crippen LogP contribution is -2.42. The number of carbonyl (C=O) groups excluding carboxylic acids is 1. The molecular formula is C18H14O3. The number of fused-ring (bicyclic) bond motifs is 2. The van der Waals surface area contributed by atoms with Gasteiger partial charge in [0.05, 0.1) is 6.61 Å². The number of rotatable bonds is 3. The highest BCUT2D eigenvalue weighted by Crippen LogP contribution is 2.29. The van der Waals surface area contributed by atoms with Crippen molar-refractivity contribution in [2.75, 3.05) is 6.61 Å². The average molecular weight is 278 g/mol. The largest absolute Gasteiger partial charge is 0.460 e. The Morgan fingerprint density at radius 3 is 2.14 bits per heavy atom. The summed E-state index contributed by atoms with van der Waals surface area (Å²) >= 11 is 0. The molecule has 1 saturated heterocycles. The van der Waals surface area contributed by atoms with Crippen molar-refractivity contribution in [3.8, 4) is 0 Å². The molecule has 3 nitrogen and oxygen atoms in total. The second kappa shape index (κ2) is 4.86. The summed E-state index contributed by atoms with van der Waals surface area (Å²) in [5, 5.41) is 4.71. The summed E-state index contributed by atoms with van der Waals surface area (Å²) in [6.45, 7) is 0.781. The average Bonchev–Trinajstić information content (AvgIpc) is 2.52. The van der Waals surface area contributed by atoms with Gasteiger partial charge in [-0.3, -0.25) is 0 Å². The predicted molar refractivity (Wildman–Crippen MR) is 81.0 cm³/mol. The maximum atomic E-state index is 11.2. The van der Waals surface area contributed by atoms with Crippen molar-refractivity contribution in [2.45, 2.75) is 12.7 Å². The Hall–Kier alpha value is -2.39. The molecule has 0 aliphatic carbocycles. The van der Waals surface area contributed by atoms with Crippen LogP contribution in [-0.2, 0) is 20.9 Å². The van der Waals surface area contributed by atoms with E-state index in [1.165, 1.54) is 21.5 Å². The molecule has 4 rings (SSSR count). The van der Waals surface area contributed by atoms with Crippen LogP contribution in [0.4, 0.5) is 0 Å². The van der Waals surface area contributed by atoms with Gasteiger partial charge >= 0.3 is 5.97 Å². The zero-order valence-electron chi connectivity index (χ0n) is 11.4. The fourth-order valence-corrected chi connectivity index (χ4v) is 2.78. The minimum Gasteiger partial charge on any atom is -0.460 e. The highest BCUT2D eigenvalue weighted by molar-refractivity contribution is 6.02. The lowest BCUT2D eigenvalue weighted by molar-refractivity contribution is -0.187. The van der Waals surface area contributed by atoms with Crippen LogP contribution in [-0.4, -0.2) is 18.7 Å². The molecule has 104 valence electrons. The smallest absolute Gasteiger partial charge is 0.338 e. The van der Waals surface area contributed by atoms with E-state index in [-0.39, 0.29) is 5.97 Å². The standard InChI is InChI=1S/C18H14O3/c19-18-17(11-21-18)20-10-16-14-7-3-1-5-12(14)9-13-6-2-4-8-15(13)16/h1-9,17H,10-11H2. The molecule has 1 atom stereocenters. The van der Waals surface area contributed by atoms with E-state index in [1.807, 2.05) is 24.3 Å². The van der Waals surface area contributed by atoms with Crippen molar-refractivity contribution in [2.24, 2.45) is 0 Å². The first-order valence-corrected chi connectivity index (χ1v) is 7.00. The fraction of sp³-hybridized carbons (Fsp3) is 0.167. The van der Waals surface area contributed by atoms with E-state index in [2.05, 4.69) is 30.3 Å². The first kappa shape index (κ1) is 12.4. The number of carbonyl (C=O) groups is 1. The summed E-state index contributed by atoms with van der Waals surface area (Å²) < 4.78 is 10.5. The quantitative estimate of drug-likeness (QED) is 0.544. The van der Waals surface area contributed by atoms with Crippen LogP contribution in [0.3, 0.4) is 0 Å². The molecule has 21 heavy (non-hydrogen) atoms. The number of benzene rings is 3. The zero-order valence-corrected chi connectivity index (χ0v) is 11.4. The van der Waals surface area contributed by atoms with Crippen molar-refractivity contribution < 1.29 is 14.3 Å². The molecule has 0 spiro atoms. The number of hydrogen-bond donors (Lipinski definition) is 0. The molecule has 1 aliphatic heterocycles. The van der Waals surface area contributed by atoms with Gasteiger partial charge in [0, 0.05) is 0 Å². The molecule has 1 unspecified atom stereocenters. The number of esters is 1. The summed E-state index contributed by atoms with van der Waals surface area (Å²) in [6.07, 6.45) is -0.414. The van der Waals surface area contributed by atoms with Gasteiger partial charge in [-0.05, 0) is 33.2 Å². The van der Waals surface area contributed by atoms with Crippen LogP contribution in [0.5, 0.6) is 0 Å². The summed E-state index contributed by atoms with van der Waals surface area (Å²) in [5.74, 6) is -0.264. The fourth-order valence-electron chi connectivity index (χ4n) is 2.78. The summed E-state index contributed by atoms with van der Waals surface area (Å²) in [5.41, 5.74) is 1.13. The third-order valence-corrected chi connectivity index (χ3v) is 3.95. The lowest BCUT2D eigenvalue weighted by Gasteiger charge is -2.25. The molecule has 0 radical (unpaired) electrons. The number of cyclic esters (lactones) is 1. The molecule has 0 saturated carbocycles. The van der Waals surface area contributed by atoms with Crippen LogP contribution in [0.25, 0.3) is 21.5 Å². The van der Waals surface area contributed by atoms with E-state index in [0.29, 0.717) is 13.2 Å². The van der Waals surface area contributed by atoms with Crippen molar-refractivity contribution in [1.29, 1.82) is 0 Å². The van der Waals surface area contributed by atoms with Gasteiger partial charge in [0.1, 0.15) is 6.61 Å². The van der Waals surface area contributed by atoms with Gasteiger partial charge in [-0.15, -0.1) is 0 Å². The molecule has 3 aromatic carbocycles. The van der Waals surface area contributed by atoms with E-state index in [0.717, 1.165) is 5.56 Å². The Kier molecular flexibility index (Phi) is 2.86. The molecule has 0 aromatic heterocycles. The van der Waals surface area contributed by atoms with Gasteiger partial charge in [-0.2, -0.15) is 0 Å². The minimum absolute atomic E-state index is 0.264. The van der Waals surface area contributed by atoms with Crippen molar-refractivity contribution in [1.82, 2.24) is 0 Å². The van der Waals surface area contributed by atoms with Gasteiger partial charge < -0.3 is 9.47 Å². The number of ether oxygens (including phenoxy) is 2. The molecule has 1 aliphatic rings. The third kappa shape index (κ3) is 2.06. The molecule has 3 heteroatoms. The number of hydrogen-bond acceptors (Lipinski definition) is 3. The molecular weight excluding hydrogens is 264 g/mol. The molecule has 1 fully saturated rings. The predicted octanol–water partition coefficient (Wildman–Crippen LogP) is 3.44. The van der Waals surface area contributed by atoms with Gasteiger partial charge in [0.25, 0.3) is 0 Å². The van der Waals surface area contributed by atoms with Crippen LogP contribution < -0.4 is 0 Å². The lowest BCUT2D eigenvalue weighted by atomic mass is 9.97. The van der Waals surface area contributed by atoms with Crippen LogP contribution in [0.2, 0.25) is 0 Å². The second-order valence-electron chi connectivity index (χ2n) is 5.23. The van der Waals surface area contributed by atoms with Crippen LogP contribution >= 0.6 is 0 Å². The van der Waals surface area contributed by atoms with E-state index in [4.69, 9.17) is 9.47 Å². The zero-order chi connectivity index (χ0) is 14.2. The van der Waals surface area contributed by atoms with E-state index in [1.54, 1.807) is 0 Å². The molecule has 0 bridgehead atoms. The first-order chi connectivity index (χ1) is 10.3. The molecule has 1 heterocycles. The maximum absolute atomic E-state index is 11.2. The minimum atomic E-state index is -0.414. The Bertz CT molecular complexity index is 784. The Labute approximate surface area is 122 Å². The highest BCUT2D eigenvalue weighted by Gasteiger charge is 2.31. The van der Waals surface area contributed by atoms with Crippen molar-refractivity contribution in [3.63, 3.8) is 0 Å². The van der Waals surface area contributed by atoms with E-state index < -0.39 is 6.10 Å². The highest BCUT2D eigenvalue weighted by atomic mass is 16.6. The topological polar surface area (TPSA) is 35.5 Å². The SMILES string of the molecule is O=C1OCC1OCc1c2ccccc2cc2ccccc12. The Morgan fingerprint density at radius 1 is 1.00 bits per heavy atom. The van der Waals surface area contributed by atoms with E-state index >= 15 is 0 Å². The monoisotopic (exact) mass is 278 g/mol. The summed E-state index contributed by atoms with van der Waals surface area (Å²) in [7, 11) is 0. The third-order valence-electron chi connectivity index (χ3n) is 3.95. The second-order valence-corrected chi connectivity index (χ2v) is 5.23. The van der Waals surface area contributed by atoms with Gasteiger partial charge in [-0.25, -0.2) is 4.79 Å². The first-order valence-electron chi connectivity index (χ1n) is 7.00. The van der Waals surface area contributed by atoms with Crippen LogP contribution in [0, 0.1) is 0 Å². The normalized spacial score (nSPS) is 17.7. The summed E-state index contributed by atoms with van der Waals surface area (Å²) in [4.78, 5) is 11.2. The molecule has 0 amide bonds. The molecule has 0 N–H and O–H groups in total. The van der Waals surface area contributed by atoms with Crippen LogP contribution in [0.15, 0.2) is 54.6 Å². The van der Waals surface area contributed by atoms with Gasteiger partial charge in [0.15, 0.2) is 6.10 Å². The van der Waals surface area contributed by atoms with Crippen molar-refractivity contribution >= 4 is 27.5 Å². The maximum Gasteiger partial charge on any atom is 0.338 e. The Morgan fingerprint density at radius 2 is 1.62 bits per heavy atom. The van der Waals surface area contributed by atoms with Crippen LogP contribution in [0.1, 0.15) is 5.56 Å². The van der Waals surface area contributed by atoms with Gasteiger partial charge in [0.2, 0.25) is 0 Å². The van der Waals surface area contributed by atoms with Gasteiger partial charge in [-0.1, -0.05) is 48.5 Å². The van der Waals surface area contributed by atoms with E-state index in [9.17, 15) is 4.79 Å². The Balaban J connectivity index is 1.83.